The molecule has 0 unspecified atom stereocenters. The van der Waals surface area contributed by atoms with Crippen LogP contribution in [0.15, 0.2) is 218 Å². The van der Waals surface area contributed by atoms with E-state index in [0.717, 1.165) is 39.2 Å². The summed E-state index contributed by atoms with van der Waals surface area (Å²) >= 11 is 0. The number of benzene rings is 8. The van der Waals surface area contributed by atoms with E-state index >= 15 is 0 Å². The zero-order valence-electron chi connectivity index (χ0n) is 30.2. The lowest BCUT2D eigenvalue weighted by atomic mass is 9.67. The van der Waals surface area contributed by atoms with E-state index in [2.05, 4.69) is 206 Å². The van der Waals surface area contributed by atoms with Crippen LogP contribution >= 0.6 is 0 Å². The average Bonchev–Trinajstić information content (AvgIpc) is 3.58. The average molecular weight is 701 g/mol. The highest BCUT2D eigenvalue weighted by molar-refractivity contribution is 5.91. The summed E-state index contributed by atoms with van der Waals surface area (Å²) in [6.07, 6.45) is 0. The van der Waals surface area contributed by atoms with Crippen molar-refractivity contribution in [3.05, 3.63) is 241 Å². The predicted octanol–water partition coefficient (Wildman–Crippen LogP) is 13.2. The van der Waals surface area contributed by atoms with E-state index < -0.39 is 5.41 Å². The minimum atomic E-state index is -0.461. The SMILES string of the molecule is c1ccc(-c2cc(-c3ccccc3)nc(-c3cccc(-c4ccccc4-c4ccc5c(c4)C(c4ccccc4)(c4ccccc4)c4ccccc4-5)c3)n2)cc1. The van der Waals surface area contributed by atoms with Crippen LogP contribution in [0.3, 0.4) is 0 Å². The van der Waals surface area contributed by atoms with Crippen LogP contribution in [0.5, 0.6) is 0 Å². The van der Waals surface area contributed by atoms with Gasteiger partial charge in [0.1, 0.15) is 0 Å². The highest BCUT2D eigenvalue weighted by atomic mass is 14.9. The lowest BCUT2D eigenvalue weighted by molar-refractivity contribution is 0.769. The zero-order valence-corrected chi connectivity index (χ0v) is 30.2. The highest BCUT2D eigenvalue weighted by Crippen LogP contribution is 2.56. The van der Waals surface area contributed by atoms with E-state index in [9.17, 15) is 0 Å². The summed E-state index contributed by atoms with van der Waals surface area (Å²) in [5, 5.41) is 0. The van der Waals surface area contributed by atoms with Crippen molar-refractivity contribution in [3.63, 3.8) is 0 Å². The number of rotatable bonds is 7. The van der Waals surface area contributed by atoms with Crippen LogP contribution in [0.4, 0.5) is 0 Å². The van der Waals surface area contributed by atoms with Crippen molar-refractivity contribution in [1.29, 1.82) is 0 Å². The minimum Gasteiger partial charge on any atom is -0.228 e. The first-order valence-electron chi connectivity index (χ1n) is 18.8. The van der Waals surface area contributed by atoms with E-state index in [1.54, 1.807) is 0 Å². The van der Waals surface area contributed by atoms with Crippen molar-refractivity contribution in [2.45, 2.75) is 5.41 Å². The van der Waals surface area contributed by atoms with Gasteiger partial charge in [-0.2, -0.15) is 0 Å². The van der Waals surface area contributed by atoms with E-state index in [1.807, 2.05) is 12.1 Å². The zero-order chi connectivity index (χ0) is 36.6. The Balaban J connectivity index is 1.13. The second kappa shape index (κ2) is 13.7. The Morgan fingerprint density at radius 2 is 0.709 bits per heavy atom. The van der Waals surface area contributed by atoms with Crippen molar-refractivity contribution < 1.29 is 0 Å². The first kappa shape index (κ1) is 32.5. The van der Waals surface area contributed by atoms with Crippen molar-refractivity contribution in [1.82, 2.24) is 9.97 Å². The first-order valence-corrected chi connectivity index (χ1v) is 18.8. The lowest BCUT2D eigenvalue weighted by Gasteiger charge is -2.34. The second-order valence-corrected chi connectivity index (χ2v) is 14.1. The quantitative estimate of drug-likeness (QED) is 0.165. The first-order chi connectivity index (χ1) is 27.3. The fourth-order valence-electron chi connectivity index (χ4n) is 8.51. The van der Waals surface area contributed by atoms with Crippen LogP contribution in [0.25, 0.3) is 67.3 Å². The third kappa shape index (κ3) is 5.59. The molecule has 1 aliphatic carbocycles. The van der Waals surface area contributed by atoms with E-state index in [4.69, 9.17) is 9.97 Å². The van der Waals surface area contributed by atoms with Gasteiger partial charge in [0.05, 0.1) is 16.8 Å². The summed E-state index contributed by atoms with van der Waals surface area (Å²) in [5.41, 5.74) is 16.8. The molecule has 0 saturated heterocycles. The molecule has 258 valence electrons. The van der Waals surface area contributed by atoms with Gasteiger partial charge in [-0.15, -0.1) is 0 Å². The fraction of sp³-hybridized carbons (Fsp3) is 0.0189. The van der Waals surface area contributed by atoms with Crippen molar-refractivity contribution in [3.8, 4) is 67.3 Å². The van der Waals surface area contributed by atoms with Crippen LogP contribution < -0.4 is 0 Å². The molecule has 0 spiro atoms. The number of hydrogen-bond donors (Lipinski definition) is 0. The lowest BCUT2D eigenvalue weighted by Crippen LogP contribution is -2.28. The van der Waals surface area contributed by atoms with Crippen LogP contribution in [0, 0.1) is 0 Å². The van der Waals surface area contributed by atoms with Gasteiger partial charge in [0.15, 0.2) is 5.82 Å². The fourth-order valence-corrected chi connectivity index (χ4v) is 8.51. The number of aromatic nitrogens is 2. The Hall–Kier alpha value is -7.16. The maximum absolute atomic E-state index is 5.14. The predicted molar refractivity (Wildman–Crippen MR) is 227 cm³/mol. The second-order valence-electron chi connectivity index (χ2n) is 14.1. The summed E-state index contributed by atoms with van der Waals surface area (Å²) in [5.74, 6) is 0.699. The Labute approximate surface area is 322 Å². The Morgan fingerprint density at radius 1 is 0.273 bits per heavy atom. The number of nitrogens with zero attached hydrogens (tertiary/aromatic N) is 2. The van der Waals surface area contributed by atoms with E-state index in [0.29, 0.717) is 5.82 Å². The molecule has 0 fully saturated rings. The highest BCUT2D eigenvalue weighted by Gasteiger charge is 2.46. The molecule has 0 amide bonds. The maximum atomic E-state index is 5.14. The standard InChI is InChI=1S/C53H36N2/c1-5-18-37(19-6-1)50-36-51(38-20-7-2-8-21-38)55-52(54-50)41-23-17-22-39(34-41)44-28-13-14-29-45(44)40-32-33-47-46-30-15-16-31-48(46)53(49(47)35-40,42-24-9-3-10-25-42)43-26-11-4-12-27-43/h1-36H. The summed E-state index contributed by atoms with van der Waals surface area (Å²) in [4.78, 5) is 10.3. The molecular formula is C53H36N2. The van der Waals surface area contributed by atoms with Gasteiger partial charge in [0.25, 0.3) is 0 Å². The summed E-state index contributed by atoms with van der Waals surface area (Å²) in [6.45, 7) is 0. The molecule has 1 aromatic heterocycles. The molecule has 9 aromatic rings. The largest absolute Gasteiger partial charge is 0.228 e. The Bertz CT molecular complexity index is 2700. The van der Waals surface area contributed by atoms with Gasteiger partial charge in [-0.05, 0) is 73.8 Å². The topological polar surface area (TPSA) is 25.8 Å². The number of hydrogen-bond acceptors (Lipinski definition) is 2. The van der Waals surface area contributed by atoms with Crippen LogP contribution in [-0.4, -0.2) is 9.97 Å². The van der Waals surface area contributed by atoms with Gasteiger partial charge in [0, 0.05) is 16.7 Å². The Morgan fingerprint density at radius 3 is 1.29 bits per heavy atom. The Kier molecular flexibility index (Phi) is 8.08. The van der Waals surface area contributed by atoms with Gasteiger partial charge < -0.3 is 0 Å². The third-order valence-corrected chi connectivity index (χ3v) is 11.0. The van der Waals surface area contributed by atoms with Crippen molar-refractivity contribution in [2.75, 3.05) is 0 Å². The molecule has 0 N–H and O–H groups in total. The van der Waals surface area contributed by atoms with Gasteiger partial charge in [-0.1, -0.05) is 200 Å². The molecule has 2 nitrogen and oxygen atoms in total. The van der Waals surface area contributed by atoms with Gasteiger partial charge in [-0.3, -0.25) is 0 Å². The summed E-state index contributed by atoms with van der Waals surface area (Å²) in [7, 11) is 0. The molecule has 0 atom stereocenters. The third-order valence-electron chi connectivity index (χ3n) is 11.0. The van der Waals surface area contributed by atoms with Gasteiger partial charge in [0.2, 0.25) is 0 Å². The molecule has 55 heavy (non-hydrogen) atoms. The van der Waals surface area contributed by atoms with Crippen molar-refractivity contribution >= 4 is 0 Å². The molecule has 0 radical (unpaired) electrons. The molecular weight excluding hydrogens is 665 g/mol. The maximum Gasteiger partial charge on any atom is 0.160 e. The molecule has 0 aliphatic heterocycles. The summed E-state index contributed by atoms with van der Waals surface area (Å²) < 4.78 is 0. The molecule has 2 heteroatoms. The molecule has 0 saturated carbocycles. The molecule has 10 rings (SSSR count). The molecule has 1 aliphatic rings. The van der Waals surface area contributed by atoms with E-state index in [-0.39, 0.29) is 0 Å². The normalized spacial score (nSPS) is 12.5. The smallest absolute Gasteiger partial charge is 0.160 e. The van der Waals surface area contributed by atoms with E-state index in [1.165, 1.54) is 44.5 Å². The van der Waals surface area contributed by atoms with Gasteiger partial charge >= 0.3 is 0 Å². The molecule has 1 heterocycles. The number of fused-ring (bicyclic) bond motifs is 3. The summed E-state index contributed by atoms with van der Waals surface area (Å²) in [6, 6.07) is 78.2. The van der Waals surface area contributed by atoms with Crippen LogP contribution in [-0.2, 0) is 5.41 Å². The minimum absolute atomic E-state index is 0.461. The monoisotopic (exact) mass is 700 g/mol. The van der Waals surface area contributed by atoms with Crippen LogP contribution in [0.1, 0.15) is 22.3 Å². The molecule has 8 aromatic carbocycles. The molecule has 0 bridgehead atoms. The van der Waals surface area contributed by atoms with Crippen LogP contribution in [0.2, 0.25) is 0 Å². The van der Waals surface area contributed by atoms with Gasteiger partial charge in [-0.25, -0.2) is 9.97 Å². The van der Waals surface area contributed by atoms with Crippen molar-refractivity contribution in [2.24, 2.45) is 0 Å².